The van der Waals surface area contributed by atoms with Crippen molar-refractivity contribution in [2.75, 3.05) is 26.9 Å². The van der Waals surface area contributed by atoms with Crippen LogP contribution in [0.1, 0.15) is 31.2 Å². The number of hydrogen-bond donors (Lipinski definition) is 1. The van der Waals surface area contributed by atoms with Gasteiger partial charge in [-0.2, -0.15) is 0 Å². The van der Waals surface area contributed by atoms with E-state index in [9.17, 15) is 0 Å². The Balaban J connectivity index is 1.59. The van der Waals surface area contributed by atoms with E-state index in [1.54, 1.807) is 0 Å². The number of hydrogen-bond acceptors (Lipinski definition) is 3. The van der Waals surface area contributed by atoms with Gasteiger partial charge in [0, 0.05) is 18.7 Å². The van der Waals surface area contributed by atoms with Crippen molar-refractivity contribution in [3.63, 3.8) is 0 Å². The second kappa shape index (κ2) is 8.18. The number of para-hydroxylation sites is 1. The van der Waals surface area contributed by atoms with Crippen LogP contribution in [0, 0.1) is 5.92 Å². The minimum atomic E-state index is 0.630. The Bertz CT molecular complexity index is 364. The van der Waals surface area contributed by atoms with Gasteiger partial charge in [-0.05, 0) is 25.5 Å². The van der Waals surface area contributed by atoms with Gasteiger partial charge in [0.15, 0.2) is 0 Å². The Labute approximate surface area is 116 Å². The molecule has 1 aromatic rings. The van der Waals surface area contributed by atoms with Crippen LogP contribution in [0.2, 0.25) is 0 Å². The van der Waals surface area contributed by atoms with Crippen LogP contribution in [0.15, 0.2) is 24.3 Å². The van der Waals surface area contributed by atoms with Gasteiger partial charge in [0.2, 0.25) is 0 Å². The second-order valence-corrected chi connectivity index (χ2v) is 5.18. The van der Waals surface area contributed by atoms with Crippen molar-refractivity contribution < 1.29 is 9.47 Å². The van der Waals surface area contributed by atoms with Crippen LogP contribution in [0.5, 0.6) is 5.75 Å². The molecule has 19 heavy (non-hydrogen) atoms. The summed E-state index contributed by atoms with van der Waals surface area (Å²) in [4.78, 5) is 0. The number of ether oxygens (including phenoxy) is 2. The molecule has 0 amide bonds. The van der Waals surface area contributed by atoms with Gasteiger partial charge in [0.1, 0.15) is 12.4 Å². The standard InChI is InChI=1S/C16H25NO2/c1-17-13-15-7-2-3-8-16(15)19-12-11-18-10-9-14-5-4-6-14/h2-3,7-8,14,17H,4-6,9-13H2,1H3. The smallest absolute Gasteiger partial charge is 0.123 e. The molecule has 1 N–H and O–H groups in total. The fourth-order valence-electron chi connectivity index (χ4n) is 2.33. The highest BCUT2D eigenvalue weighted by Crippen LogP contribution is 2.29. The van der Waals surface area contributed by atoms with E-state index in [0.717, 1.165) is 24.8 Å². The Morgan fingerprint density at radius 2 is 2.00 bits per heavy atom. The minimum absolute atomic E-state index is 0.630. The van der Waals surface area contributed by atoms with Crippen LogP contribution in [0.4, 0.5) is 0 Å². The minimum Gasteiger partial charge on any atom is -0.491 e. The van der Waals surface area contributed by atoms with Gasteiger partial charge in [0.25, 0.3) is 0 Å². The zero-order valence-corrected chi connectivity index (χ0v) is 11.9. The summed E-state index contributed by atoms with van der Waals surface area (Å²) in [7, 11) is 1.94. The molecule has 1 fully saturated rings. The average Bonchev–Trinajstić information content (AvgIpc) is 2.38. The van der Waals surface area contributed by atoms with E-state index < -0.39 is 0 Å². The average molecular weight is 263 g/mol. The summed E-state index contributed by atoms with van der Waals surface area (Å²) in [6.07, 6.45) is 5.43. The fourth-order valence-corrected chi connectivity index (χ4v) is 2.33. The van der Waals surface area contributed by atoms with Crippen molar-refractivity contribution >= 4 is 0 Å². The molecule has 0 unspecified atom stereocenters. The maximum atomic E-state index is 5.77. The number of benzene rings is 1. The summed E-state index contributed by atoms with van der Waals surface area (Å²) in [5.41, 5.74) is 1.19. The summed E-state index contributed by atoms with van der Waals surface area (Å²) in [6.45, 7) is 3.02. The van der Waals surface area contributed by atoms with Crippen LogP contribution in [0.25, 0.3) is 0 Å². The molecule has 0 atom stereocenters. The Morgan fingerprint density at radius 3 is 2.74 bits per heavy atom. The predicted octanol–water partition coefficient (Wildman–Crippen LogP) is 2.99. The monoisotopic (exact) mass is 263 g/mol. The van der Waals surface area contributed by atoms with Crippen molar-refractivity contribution in [1.29, 1.82) is 0 Å². The van der Waals surface area contributed by atoms with Crippen LogP contribution < -0.4 is 10.1 Å². The van der Waals surface area contributed by atoms with Crippen molar-refractivity contribution in [3.05, 3.63) is 29.8 Å². The van der Waals surface area contributed by atoms with Gasteiger partial charge in [-0.15, -0.1) is 0 Å². The maximum Gasteiger partial charge on any atom is 0.123 e. The molecule has 106 valence electrons. The molecule has 0 spiro atoms. The third kappa shape index (κ3) is 4.84. The highest BCUT2D eigenvalue weighted by molar-refractivity contribution is 5.33. The summed E-state index contributed by atoms with van der Waals surface area (Å²) >= 11 is 0. The predicted molar refractivity (Wildman–Crippen MR) is 77.5 cm³/mol. The second-order valence-electron chi connectivity index (χ2n) is 5.18. The first-order valence-electron chi connectivity index (χ1n) is 7.33. The van der Waals surface area contributed by atoms with Crippen molar-refractivity contribution in [2.24, 2.45) is 5.92 Å². The lowest BCUT2D eigenvalue weighted by Crippen LogP contribution is -2.15. The van der Waals surface area contributed by atoms with Gasteiger partial charge >= 0.3 is 0 Å². The third-order valence-corrected chi connectivity index (χ3v) is 3.72. The molecule has 2 rings (SSSR count). The molecular weight excluding hydrogens is 238 g/mol. The van der Waals surface area contributed by atoms with E-state index in [1.807, 2.05) is 25.2 Å². The van der Waals surface area contributed by atoms with E-state index in [1.165, 1.54) is 31.2 Å². The highest BCUT2D eigenvalue weighted by atomic mass is 16.5. The topological polar surface area (TPSA) is 30.5 Å². The normalized spacial score (nSPS) is 15.2. The highest BCUT2D eigenvalue weighted by Gasteiger charge is 2.16. The van der Waals surface area contributed by atoms with Gasteiger partial charge in [-0.25, -0.2) is 0 Å². The van der Waals surface area contributed by atoms with Gasteiger partial charge in [0.05, 0.1) is 6.61 Å². The van der Waals surface area contributed by atoms with Crippen LogP contribution in [-0.2, 0) is 11.3 Å². The molecule has 1 aromatic carbocycles. The summed E-state index contributed by atoms with van der Waals surface area (Å²) in [6, 6.07) is 8.14. The van der Waals surface area contributed by atoms with Crippen molar-refractivity contribution in [3.8, 4) is 5.75 Å². The molecule has 0 saturated heterocycles. The van der Waals surface area contributed by atoms with Crippen molar-refractivity contribution in [1.82, 2.24) is 5.32 Å². The lowest BCUT2D eigenvalue weighted by atomic mass is 9.83. The molecule has 1 saturated carbocycles. The van der Waals surface area contributed by atoms with Crippen molar-refractivity contribution in [2.45, 2.75) is 32.2 Å². The molecule has 0 aromatic heterocycles. The molecular formula is C16H25NO2. The van der Waals surface area contributed by atoms with Gasteiger partial charge in [-0.1, -0.05) is 37.5 Å². The molecule has 0 radical (unpaired) electrons. The van der Waals surface area contributed by atoms with Gasteiger partial charge < -0.3 is 14.8 Å². The summed E-state index contributed by atoms with van der Waals surface area (Å²) in [5.74, 6) is 1.89. The summed E-state index contributed by atoms with van der Waals surface area (Å²) < 4.78 is 11.4. The van der Waals surface area contributed by atoms with Gasteiger partial charge in [-0.3, -0.25) is 0 Å². The first-order chi connectivity index (χ1) is 9.40. The number of nitrogens with one attached hydrogen (secondary N) is 1. The Kier molecular flexibility index (Phi) is 6.18. The van der Waals surface area contributed by atoms with E-state index in [4.69, 9.17) is 9.47 Å². The van der Waals surface area contributed by atoms with Crippen LogP contribution >= 0.6 is 0 Å². The Morgan fingerprint density at radius 1 is 1.16 bits per heavy atom. The SMILES string of the molecule is CNCc1ccccc1OCCOCCC1CCC1. The largest absolute Gasteiger partial charge is 0.491 e. The van der Waals surface area contributed by atoms with Crippen LogP contribution in [-0.4, -0.2) is 26.9 Å². The summed E-state index contributed by atoms with van der Waals surface area (Å²) in [5, 5.41) is 3.15. The quantitative estimate of drug-likeness (QED) is 0.695. The molecule has 0 bridgehead atoms. The van der Waals surface area contributed by atoms with E-state index in [2.05, 4.69) is 11.4 Å². The van der Waals surface area contributed by atoms with Crippen LogP contribution in [0.3, 0.4) is 0 Å². The molecule has 0 heterocycles. The zero-order valence-electron chi connectivity index (χ0n) is 11.9. The van der Waals surface area contributed by atoms with E-state index in [-0.39, 0.29) is 0 Å². The molecule has 1 aliphatic carbocycles. The first kappa shape index (κ1) is 14.4. The van der Waals surface area contributed by atoms with E-state index >= 15 is 0 Å². The number of rotatable bonds is 9. The van der Waals surface area contributed by atoms with E-state index in [0.29, 0.717) is 13.2 Å². The lowest BCUT2D eigenvalue weighted by molar-refractivity contribution is 0.0810. The fraction of sp³-hybridized carbons (Fsp3) is 0.625. The zero-order chi connectivity index (χ0) is 13.3. The molecule has 3 nitrogen and oxygen atoms in total. The molecule has 0 aliphatic heterocycles. The first-order valence-corrected chi connectivity index (χ1v) is 7.33. The Hall–Kier alpha value is -1.06. The molecule has 3 heteroatoms. The molecule has 1 aliphatic rings. The lowest BCUT2D eigenvalue weighted by Gasteiger charge is -2.24. The maximum absolute atomic E-state index is 5.77. The third-order valence-electron chi connectivity index (χ3n) is 3.72.